The van der Waals surface area contributed by atoms with E-state index in [9.17, 15) is 0 Å². The zero-order valence-electron chi connectivity index (χ0n) is 46.9. The Morgan fingerprint density at radius 1 is 0.289 bits per heavy atom. The third-order valence-electron chi connectivity index (χ3n) is 14.3. The molecule has 0 aliphatic heterocycles. The molecule has 392 valence electrons. The lowest BCUT2D eigenvalue weighted by Gasteiger charge is -2.29. The first kappa shape index (κ1) is 53.5. The normalized spacial score (nSPS) is 13.0. The molecule has 8 heteroatoms. The molecule has 1 aliphatic rings. The first-order chi connectivity index (χ1) is 36.2. The van der Waals surface area contributed by atoms with Gasteiger partial charge in [0.2, 0.25) is 0 Å². The Morgan fingerprint density at radius 3 is 0.618 bits per heavy atom. The molecule has 0 saturated heterocycles. The number of hydrogen-bond acceptors (Lipinski definition) is 8. The largest absolute Gasteiger partial charge is 0.487 e. The molecule has 0 unspecified atom stereocenters. The Balaban J connectivity index is 1.38. The second-order valence-corrected chi connectivity index (χ2v) is 24.6. The molecule has 0 fully saturated rings. The van der Waals surface area contributed by atoms with E-state index in [2.05, 4.69) is 132 Å². The minimum Gasteiger partial charge on any atom is -0.487 e. The van der Waals surface area contributed by atoms with Crippen molar-refractivity contribution in [1.82, 2.24) is 19.9 Å². The molecule has 8 bridgehead atoms. The number of ether oxygens (including phenoxy) is 4. The molecule has 0 N–H and O–H groups in total. The van der Waals surface area contributed by atoms with Gasteiger partial charge in [0.05, 0.1) is 22.8 Å². The molecule has 9 rings (SSSR count). The highest BCUT2D eigenvalue weighted by molar-refractivity contribution is 5.60. The third kappa shape index (κ3) is 13.0. The van der Waals surface area contributed by atoms with Crippen LogP contribution in [0.1, 0.15) is 173 Å². The Morgan fingerprint density at radius 2 is 0.474 bits per heavy atom. The second kappa shape index (κ2) is 22.1. The fourth-order valence-corrected chi connectivity index (χ4v) is 9.88. The van der Waals surface area contributed by atoms with Crippen LogP contribution in [0.4, 0.5) is 0 Å². The molecule has 0 atom stereocenters. The van der Waals surface area contributed by atoms with E-state index < -0.39 is 0 Å². The molecule has 0 saturated carbocycles. The topological polar surface area (TPSA) is 88.5 Å². The van der Waals surface area contributed by atoms with Crippen molar-refractivity contribution in [2.24, 2.45) is 0 Å². The van der Waals surface area contributed by atoms with E-state index in [1.54, 1.807) is 0 Å². The number of benzene rings is 4. The first-order valence-corrected chi connectivity index (χ1v) is 26.9. The summed E-state index contributed by atoms with van der Waals surface area (Å²) >= 11 is 0. The highest BCUT2D eigenvalue weighted by atomic mass is 16.5. The van der Waals surface area contributed by atoms with Crippen LogP contribution in [-0.2, 0) is 73.8 Å². The summed E-state index contributed by atoms with van der Waals surface area (Å²) in [7, 11) is 0. The van der Waals surface area contributed by atoms with Crippen molar-refractivity contribution in [3.05, 3.63) is 236 Å². The smallest absolute Gasteiger partial charge is 0.130 e. The Bertz CT molecular complexity index is 2740. The van der Waals surface area contributed by atoms with Crippen molar-refractivity contribution >= 4 is 0 Å². The van der Waals surface area contributed by atoms with Gasteiger partial charge in [-0.25, -0.2) is 0 Å². The van der Waals surface area contributed by atoms with Crippen molar-refractivity contribution < 1.29 is 18.9 Å². The average Bonchev–Trinajstić information content (AvgIpc) is 3.41. The third-order valence-corrected chi connectivity index (χ3v) is 14.3. The van der Waals surface area contributed by atoms with Crippen molar-refractivity contribution in [3.8, 4) is 23.0 Å². The van der Waals surface area contributed by atoms with E-state index >= 15 is 0 Å². The van der Waals surface area contributed by atoms with Crippen molar-refractivity contribution in [2.45, 2.75) is 157 Å². The van der Waals surface area contributed by atoms with Crippen molar-refractivity contribution in [1.29, 1.82) is 0 Å². The summed E-state index contributed by atoms with van der Waals surface area (Å²) in [5.41, 5.74) is 16.1. The maximum atomic E-state index is 7.22. The minimum absolute atomic E-state index is 0.198. The SMILES string of the molecule is CC(C)(C)c1cc2c(OCc3ccccn3)c(c1)Cc1cc(C(C)(C)C)cc(c1OCc1ccccn1)Cc1cc(C(C)(C)C)cc(c1OCc1ccccn1)Cc1cc(C(C)(C)C)cc(c1OCc1ccccn1)C2. The van der Waals surface area contributed by atoms with Gasteiger partial charge >= 0.3 is 0 Å². The van der Waals surface area contributed by atoms with Crippen LogP contribution < -0.4 is 18.9 Å². The molecular formula is C68H76N4O4. The van der Waals surface area contributed by atoms with Crippen molar-refractivity contribution in [3.63, 3.8) is 0 Å². The quantitative estimate of drug-likeness (QED) is 0.120. The van der Waals surface area contributed by atoms with Gasteiger partial charge in [0.1, 0.15) is 49.4 Å². The maximum absolute atomic E-state index is 7.22. The zero-order valence-corrected chi connectivity index (χ0v) is 46.9. The Labute approximate surface area is 452 Å². The Hall–Kier alpha value is -7.32. The highest BCUT2D eigenvalue weighted by Crippen LogP contribution is 2.45. The van der Waals surface area contributed by atoms with E-state index in [-0.39, 0.29) is 21.7 Å². The van der Waals surface area contributed by atoms with Crippen LogP contribution in [0.15, 0.2) is 146 Å². The Kier molecular flexibility index (Phi) is 15.6. The highest BCUT2D eigenvalue weighted by Gasteiger charge is 2.30. The van der Waals surface area contributed by atoms with Crippen molar-refractivity contribution in [2.75, 3.05) is 0 Å². The van der Waals surface area contributed by atoms with Gasteiger partial charge in [-0.05, 0) is 137 Å². The van der Waals surface area contributed by atoms with Gasteiger partial charge < -0.3 is 18.9 Å². The van der Waals surface area contributed by atoms with Gasteiger partial charge in [0.25, 0.3) is 0 Å². The lowest BCUT2D eigenvalue weighted by molar-refractivity contribution is 0.288. The van der Waals surface area contributed by atoms with Gasteiger partial charge in [-0.15, -0.1) is 0 Å². The predicted molar refractivity (Wildman–Crippen MR) is 306 cm³/mol. The van der Waals surface area contributed by atoms with Gasteiger partial charge in [-0.3, -0.25) is 19.9 Å². The zero-order chi connectivity index (χ0) is 53.8. The number of rotatable bonds is 12. The van der Waals surface area contributed by atoms with E-state index in [1.165, 1.54) is 22.3 Å². The number of hydrogen-bond donors (Lipinski definition) is 0. The average molecular weight is 1010 g/mol. The molecule has 0 amide bonds. The summed E-state index contributed by atoms with van der Waals surface area (Å²) in [6.07, 6.45) is 9.47. The molecule has 1 aliphatic carbocycles. The van der Waals surface area contributed by atoms with Crippen LogP contribution in [0.2, 0.25) is 0 Å². The molecule has 4 aromatic carbocycles. The number of aromatic nitrogens is 4. The van der Waals surface area contributed by atoms with Gasteiger partial charge in [0, 0.05) is 50.5 Å². The number of nitrogens with zero attached hydrogens (tertiary/aromatic N) is 4. The monoisotopic (exact) mass is 1010 g/mol. The lowest BCUT2D eigenvalue weighted by Crippen LogP contribution is -2.18. The molecule has 4 heterocycles. The van der Waals surface area contributed by atoms with E-state index in [0.29, 0.717) is 52.1 Å². The van der Waals surface area contributed by atoms with Gasteiger partial charge in [0.15, 0.2) is 0 Å². The fraction of sp³-hybridized carbons (Fsp3) is 0.353. The summed E-state index contributed by atoms with van der Waals surface area (Å²) in [5.74, 6) is 3.36. The van der Waals surface area contributed by atoms with E-state index in [0.717, 1.165) is 90.3 Å². The minimum atomic E-state index is -0.198. The molecule has 4 aromatic heterocycles. The van der Waals surface area contributed by atoms with Crippen LogP contribution in [-0.4, -0.2) is 19.9 Å². The number of pyridine rings is 4. The standard InChI is InChI=1S/C68H76N4O4/c1-65(2,3)53-33-45-29-47-35-54(66(4,5)6)37-49(62(47)74-42-58-22-14-18-26-70-58)31-51-39-56(68(10,11)12)40-52(64(51)76-44-60-24-16-20-28-72-60)32-50-38-55(67(7,8)9)36-48(63(50)75-43-59-23-15-19-27-71-59)30-46(34-53)61(45)73-41-57-21-13-17-25-69-57/h13-28,33-40H,29-32,41-44H2,1-12H3. The van der Waals surface area contributed by atoms with Gasteiger partial charge in [-0.2, -0.15) is 0 Å². The van der Waals surface area contributed by atoms with Gasteiger partial charge in [-0.1, -0.05) is 156 Å². The summed E-state index contributed by atoms with van der Waals surface area (Å²) in [5, 5.41) is 0. The second-order valence-electron chi connectivity index (χ2n) is 24.6. The fourth-order valence-electron chi connectivity index (χ4n) is 9.88. The molecular weight excluding hydrogens is 937 g/mol. The maximum Gasteiger partial charge on any atom is 0.130 e. The van der Waals surface area contributed by atoms with Crippen LogP contribution in [0.25, 0.3) is 0 Å². The summed E-state index contributed by atoms with van der Waals surface area (Å²) in [6.45, 7) is 28.7. The predicted octanol–water partition coefficient (Wildman–Crippen LogP) is 15.4. The molecule has 0 spiro atoms. The molecule has 76 heavy (non-hydrogen) atoms. The summed E-state index contributed by atoms with van der Waals surface area (Å²) < 4.78 is 28.9. The first-order valence-electron chi connectivity index (χ1n) is 26.9. The van der Waals surface area contributed by atoms with Crippen LogP contribution in [0.3, 0.4) is 0 Å². The van der Waals surface area contributed by atoms with Crippen LogP contribution in [0.5, 0.6) is 23.0 Å². The molecule has 0 radical (unpaired) electrons. The van der Waals surface area contributed by atoms with E-state index in [4.69, 9.17) is 38.9 Å². The molecule has 8 nitrogen and oxygen atoms in total. The molecule has 8 aromatic rings. The van der Waals surface area contributed by atoms with Crippen LogP contribution >= 0.6 is 0 Å². The summed E-state index contributed by atoms with van der Waals surface area (Å²) in [6, 6.07) is 42.9. The van der Waals surface area contributed by atoms with Crippen LogP contribution in [0, 0.1) is 0 Å². The lowest BCUT2D eigenvalue weighted by atomic mass is 9.79. The summed E-state index contributed by atoms with van der Waals surface area (Å²) in [4.78, 5) is 18.9. The van der Waals surface area contributed by atoms with E-state index in [1.807, 2.05) is 97.6 Å². The number of fused-ring (bicyclic) bond motifs is 8.